The maximum absolute atomic E-state index is 13.7. The molecule has 3 aromatic rings. The number of alkyl halides is 5. The molecule has 0 bridgehead atoms. The minimum atomic E-state index is -4.45. The first kappa shape index (κ1) is 22.0. The van der Waals surface area contributed by atoms with Gasteiger partial charge in [0.1, 0.15) is 5.82 Å². The molecule has 0 saturated heterocycles. The molecule has 0 amide bonds. The van der Waals surface area contributed by atoms with Crippen LogP contribution < -0.4 is 5.49 Å². The molecule has 33 heavy (non-hydrogen) atoms. The van der Waals surface area contributed by atoms with E-state index in [2.05, 4.69) is 4.98 Å². The van der Waals surface area contributed by atoms with Crippen LogP contribution in [0.4, 0.5) is 22.0 Å². The van der Waals surface area contributed by atoms with E-state index in [4.69, 9.17) is 9.98 Å². The van der Waals surface area contributed by atoms with Crippen molar-refractivity contribution in [1.82, 2.24) is 14.5 Å². The number of benzene rings is 1. The van der Waals surface area contributed by atoms with Crippen molar-refractivity contribution in [1.29, 1.82) is 0 Å². The summed E-state index contributed by atoms with van der Waals surface area (Å²) < 4.78 is 69.6. The molecule has 2 aromatic heterocycles. The second-order valence-corrected chi connectivity index (χ2v) is 8.97. The second-order valence-electron chi connectivity index (χ2n) is 8.97. The largest absolute Gasteiger partial charge is 0.416 e. The molecule has 1 aromatic carbocycles. The zero-order chi connectivity index (χ0) is 23.5. The molecular formula is C24H23F5N4. The van der Waals surface area contributed by atoms with Crippen LogP contribution in [0.25, 0.3) is 10.9 Å². The third-order valence-corrected chi connectivity index (χ3v) is 6.91. The Labute approximate surface area is 187 Å². The summed E-state index contributed by atoms with van der Waals surface area (Å²) in [6.45, 7) is 3.91. The number of pyridine rings is 1. The zero-order valence-corrected chi connectivity index (χ0v) is 18.3. The van der Waals surface area contributed by atoms with Crippen molar-refractivity contribution >= 4 is 10.9 Å². The van der Waals surface area contributed by atoms with Gasteiger partial charge in [0.15, 0.2) is 5.49 Å². The average molecular weight is 462 g/mol. The van der Waals surface area contributed by atoms with Crippen molar-refractivity contribution in [2.75, 3.05) is 0 Å². The summed E-state index contributed by atoms with van der Waals surface area (Å²) in [5.41, 5.74) is 0.104. The minimum Gasteiger partial charge on any atom is -0.328 e. The molecule has 9 heteroatoms. The van der Waals surface area contributed by atoms with Gasteiger partial charge in [-0.1, -0.05) is 12.1 Å². The van der Waals surface area contributed by atoms with E-state index in [1.54, 1.807) is 25.3 Å². The van der Waals surface area contributed by atoms with Crippen LogP contribution in [0.2, 0.25) is 0 Å². The molecule has 0 spiro atoms. The molecule has 3 heterocycles. The lowest BCUT2D eigenvalue weighted by Crippen LogP contribution is -2.22. The number of rotatable bonds is 4. The predicted octanol–water partition coefficient (Wildman–Crippen LogP) is 5.66. The quantitative estimate of drug-likeness (QED) is 0.470. The van der Waals surface area contributed by atoms with Crippen LogP contribution >= 0.6 is 0 Å². The van der Waals surface area contributed by atoms with Crippen molar-refractivity contribution in [3.63, 3.8) is 0 Å². The Bertz CT molecular complexity index is 1300. The van der Waals surface area contributed by atoms with Gasteiger partial charge < -0.3 is 4.57 Å². The van der Waals surface area contributed by atoms with Crippen LogP contribution in [0.15, 0.2) is 35.5 Å². The molecule has 1 unspecified atom stereocenters. The Morgan fingerprint density at radius 2 is 1.94 bits per heavy atom. The highest BCUT2D eigenvalue weighted by Gasteiger charge is 2.53. The van der Waals surface area contributed by atoms with Crippen LogP contribution in [0.5, 0.6) is 0 Å². The summed E-state index contributed by atoms with van der Waals surface area (Å²) in [4.78, 5) is 13.8. The van der Waals surface area contributed by atoms with Crippen molar-refractivity contribution in [2.24, 2.45) is 4.99 Å². The fraction of sp³-hybridized carbons (Fsp3) is 0.458. The van der Waals surface area contributed by atoms with E-state index < -0.39 is 29.6 Å². The number of nitrogens with zero attached hydrogens (tertiary/aromatic N) is 4. The predicted molar refractivity (Wildman–Crippen MR) is 113 cm³/mol. The van der Waals surface area contributed by atoms with Crippen LogP contribution in [0.1, 0.15) is 60.4 Å². The number of fused-ring (bicyclic) bond motifs is 3. The maximum atomic E-state index is 13.7. The van der Waals surface area contributed by atoms with Crippen molar-refractivity contribution in [2.45, 2.75) is 70.1 Å². The molecule has 1 fully saturated rings. The molecule has 1 saturated carbocycles. The summed E-state index contributed by atoms with van der Waals surface area (Å²) in [6.07, 6.45) is -2.95. The number of hydrogen-bond donors (Lipinski definition) is 0. The van der Waals surface area contributed by atoms with Crippen LogP contribution in [-0.2, 0) is 24.6 Å². The molecule has 4 nitrogen and oxygen atoms in total. The highest BCUT2D eigenvalue weighted by atomic mass is 19.4. The molecule has 0 radical (unpaired) electrons. The van der Waals surface area contributed by atoms with Crippen molar-refractivity contribution < 1.29 is 22.0 Å². The van der Waals surface area contributed by atoms with Gasteiger partial charge in [-0.3, -0.25) is 9.98 Å². The lowest BCUT2D eigenvalue weighted by molar-refractivity contribution is -0.138. The van der Waals surface area contributed by atoms with Gasteiger partial charge in [-0.05, 0) is 56.4 Å². The highest BCUT2D eigenvalue weighted by molar-refractivity contribution is 5.78. The summed E-state index contributed by atoms with van der Waals surface area (Å²) in [7, 11) is 0. The first-order valence-corrected chi connectivity index (χ1v) is 11.0. The van der Waals surface area contributed by atoms with Gasteiger partial charge in [-0.15, -0.1) is 0 Å². The lowest BCUT2D eigenvalue weighted by atomic mass is 9.97. The standard InChI is InChI=1S/C24H23F5N4/c1-13-15(5-3-6-17(13)24(27,28)29)14(2)31-21-16-11-19(23(8-9-23)22(25)26)30-12-18(16)33-10-4-7-20(33)32-21/h3,5-6,11-12,14,22H,4,7-10H2,1-2H3/b31-21-. The smallest absolute Gasteiger partial charge is 0.328 e. The third-order valence-electron chi connectivity index (χ3n) is 6.91. The highest BCUT2D eigenvalue weighted by Crippen LogP contribution is 2.52. The summed E-state index contributed by atoms with van der Waals surface area (Å²) >= 11 is 0. The van der Waals surface area contributed by atoms with E-state index in [9.17, 15) is 22.0 Å². The Hall–Kier alpha value is -2.84. The van der Waals surface area contributed by atoms with Crippen LogP contribution in [0.3, 0.4) is 0 Å². The molecule has 1 atom stereocenters. The van der Waals surface area contributed by atoms with Crippen molar-refractivity contribution in [3.05, 3.63) is 64.2 Å². The summed E-state index contributed by atoms with van der Waals surface area (Å²) in [5.74, 6) is 0.818. The fourth-order valence-corrected chi connectivity index (χ4v) is 4.82. The van der Waals surface area contributed by atoms with Gasteiger partial charge in [0.25, 0.3) is 0 Å². The van der Waals surface area contributed by atoms with E-state index in [1.165, 1.54) is 13.0 Å². The normalized spacial score (nSPS) is 18.7. The van der Waals surface area contributed by atoms with Gasteiger partial charge >= 0.3 is 6.18 Å². The SMILES string of the molecule is Cc1c(C(C)/N=c2\nc3n(c4cnc(C5(C(F)F)CC5)cc24)CCC3)cccc1C(F)(F)F. The van der Waals surface area contributed by atoms with Crippen LogP contribution in [0, 0.1) is 6.92 Å². The number of aryl methyl sites for hydroxylation is 2. The molecule has 0 N–H and O–H groups in total. The lowest BCUT2D eigenvalue weighted by Gasteiger charge is -2.17. The average Bonchev–Trinajstić information content (AvgIpc) is 3.45. The zero-order valence-electron chi connectivity index (χ0n) is 18.3. The van der Waals surface area contributed by atoms with Gasteiger partial charge in [0.2, 0.25) is 6.43 Å². The third kappa shape index (κ3) is 3.61. The fourth-order valence-electron chi connectivity index (χ4n) is 4.82. The second kappa shape index (κ2) is 7.60. The monoisotopic (exact) mass is 462 g/mol. The molecule has 174 valence electrons. The van der Waals surface area contributed by atoms with E-state index in [0.29, 0.717) is 35.0 Å². The van der Waals surface area contributed by atoms with Gasteiger partial charge in [0.05, 0.1) is 34.4 Å². The van der Waals surface area contributed by atoms with Crippen LogP contribution in [-0.4, -0.2) is 21.0 Å². The molecule has 1 aliphatic heterocycles. The summed E-state index contributed by atoms with van der Waals surface area (Å²) in [6, 6.07) is 5.11. The van der Waals surface area contributed by atoms with E-state index >= 15 is 0 Å². The first-order chi connectivity index (χ1) is 15.6. The van der Waals surface area contributed by atoms with Gasteiger partial charge in [-0.25, -0.2) is 13.8 Å². The minimum absolute atomic E-state index is 0.123. The summed E-state index contributed by atoms with van der Waals surface area (Å²) in [5, 5.41) is 0.606. The van der Waals surface area contributed by atoms with Crippen molar-refractivity contribution in [3.8, 4) is 0 Å². The van der Waals surface area contributed by atoms with E-state index in [0.717, 1.165) is 36.8 Å². The van der Waals surface area contributed by atoms with Gasteiger partial charge in [-0.2, -0.15) is 13.2 Å². The Kier molecular flexibility index (Phi) is 5.06. The molecule has 1 aliphatic carbocycles. The Balaban J connectivity index is 1.69. The van der Waals surface area contributed by atoms with E-state index in [-0.39, 0.29) is 5.56 Å². The number of halogens is 5. The number of hydrogen-bond acceptors (Lipinski definition) is 3. The van der Waals surface area contributed by atoms with Gasteiger partial charge in [0, 0.05) is 18.4 Å². The number of aromatic nitrogens is 3. The maximum Gasteiger partial charge on any atom is 0.416 e. The topological polar surface area (TPSA) is 43.1 Å². The molecule has 5 rings (SSSR count). The molecule has 2 aliphatic rings. The molecular weight excluding hydrogens is 439 g/mol. The Morgan fingerprint density at radius 3 is 2.61 bits per heavy atom. The van der Waals surface area contributed by atoms with E-state index in [1.807, 2.05) is 4.57 Å². The first-order valence-electron chi connectivity index (χ1n) is 11.0. The Morgan fingerprint density at radius 1 is 1.18 bits per heavy atom.